The minimum Gasteiger partial charge on any atom is -0.367 e. The molecule has 0 radical (unpaired) electrons. The first-order valence-electron chi connectivity index (χ1n) is 8.91. The highest BCUT2D eigenvalue weighted by atomic mass is 16.2. The molecule has 4 aliphatic carbocycles. The molecule has 0 unspecified atom stereocenters. The predicted octanol–water partition coefficient (Wildman–Crippen LogP) is 2.73. The van der Waals surface area contributed by atoms with Gasteiger partial charge in [-0.15, -0.1) is 0 Å². The van der Waals surface area contributed by atoms with Crippen molar-refractivity contribution in [3.63, 3.8) is 0 Å². The van der Waals surface area contributed by atoms with Gasteiger partial charge < -0.3 is 5.32 Å². The van der Waals surface area contributed by atoms with Gasteiger partial charge in [-0.3, -0.25) is 14.5 Å². The molecule has 1 heterocycles. The quantitative estimate of drug-likeness (QED) is 0.688. The van der Waals surface area contributed by atoms with Gasteiger partial charge in [-0.1, -0.05) is 18.2 Å². The number of nitrogens with one attached hydrogen (secondary N) is 1. The highest BCUT2D eigenvalue weighted by Crippen LogP contribution is 2.65. The summed E-state index contributed by atoms with van der Waals surface area (Å²) in [5.41, 5.74) is 3.40. The van der Waals surface area contributed by atoms with Crippen molar-refractivity contribution in [2.45, 2.75) is 20.3 Å². The topological polar surface area (TPSA) is 49.4 Å². The standard InChI is InChI=1S/C20H22N2O2/c1-10-3-4-12(7-11(10)2)21-9-22-19(23)17-13-5-6-14(16-8-15(13)16)18(17)20(22)24/h3-7,13-18,21H,8-9H2,1-2H3/t13-,14-,15-,16+,17+,18-/m1/s1. The first-order valence-corrected chi connectivity index (χ1v) is 8.91. The van der Waals surface area contributed by atoms with Gasteiger partial charge in [0.05, 0.1) is 18.5 Å². The summed E-state index contributed by atoms with van der Waals surface area (Å²) in [5, 5.41) is 3.26. The Morgan fingerprint density at radius 2 is 1.62 bits per heavy atom. The molecule has 1 N–H and O–H groups in total. The fourth-order valence-corrected chi connectivity index (χ4v) is 5.20. The molecule has 2 saturated carbocycles. The van der Waals surface area contributed by atoms with Crippen molar-refractivity contribution < 1.29 is 9.59 Å². The van der Waals surface area contributed by atoms with Crippen LogP contribution in [0.1, 0.15) is 17.5 Å². The molecule has 2 bridgehead atoms. The Morgan fingerprint density at radius 1 is 1.00 bits per heavy atom. The summed E-state index contributed by atoms with van der Waals surface area (Å²) in [6.45, 7) is 4.42. The molecule has 6 rings (SSSR count). The second-order valence-electron chi connectivity index (χ2n) is 7.89. The Morgan fingerprint density at radius 3 is 2.21 bits per heavy atom. The third-order valence-electron chi connectivity index (χ3n) is 6.70. The minimum atomic E-state index is -0.0993. The van der Waals surface area contributed by atoms with Crippen molar-refractivity contribution in [2.24, 2.45) is 35.5 Å². The van der Waals surface area contributed by atoms with Crippen molar-refractivity contribution in [2.75, 3.05) is 12.0 Å². The van der Waals surface area contributed by atoms with E-state index >= 15 is 0 Å². The van der Waals surface area contributed by atoms with Crippen LogP contribution in [0.2, 0.25) is 0 Å². The Bertz CT molecular complexity index is 748. The van der Waals surface area contributed by atoms with Crippen molar-refractivity contribution >= 4 is 17.5 Å². The van der Waals surface area contributed by atoms with Crippen molar-refractivity contribution in [1.29, 1.82) is 0 Å². The van der Waals surface area contributed by atoms with Gasteiger partial charge >= 0.3 is 0 Å². The summed E-state index contributed by atoms with van der Waals surface area (Å²) in [7, 11) is 0. The van der Waals surface area contributed by atoms with Gasteiger partial charge in [-0.2, -0.15) is 0 Å². The summed E-state index contributed by atoms with van der Waals surface area (Å²) in [4.78, 5) is 27.2. The Balaban J connectivity index is 1.36. The smallest absolute Gasteiger partial charge is 0.235 e. The molecule has 5 aliphatic rings. The lowest BCUT2D eigenvalue weighted by Crippen LogP contribution is -2.40. The van der Waals surface area contributed by atoms with Gasteiger partial charge in [0.15, 0.2) is 0 Å². The lowest BCUT2D eigenvalue weighted by atomic mass is 9.63. The van der Waals surface area contributed by atoms with E-state index in [4.69, 9.17) is 0 Å². The molecule has 1 aromatic carbocycles. The molecule has 4 heteroatoms. The van der Waals surface area contributed by atoms with Gasteiger partial charge in [0.1, 0.15) is 0 Å². The summed E-state index contributed by atoms with van der Waals surface area (Å²) < 4.78 is 0. The maximum absolute atomic E-state index is 12.9. The maximum Gasteiger partial charge on any atom is 0.235 e. The monoisotopic (exact) mass is 322 g/mol. The second kappa shape index (κ2) is 4.71. The number of benzene rings is 1. The van der Waals surface area contributed by atoms with Crippen LogP contribution in [0.4, 0.5) is 5.69 Å². The zero-order chi connectivity index (χ0) is 16.6. The van der Waals surface area contributed by atoms with E-state index in [9.17, 15) is 9.59 Å². The number of carbonyl (C=O) groups excluding carboxylic acids is 2. The van der Waals surface area contributed by atoms with Crippen LogP contribution in [-0.4, -0.2) is 23.4 Å². The number of likely N-dealkylation sites (tertiary alicyclic amines) is 1. The molecule has 3 fully saturated rings. The summed E-state index contributed by atoms with van der Waals surface area (Å²) in [6, 6.07) is 6.12. The number of anilines is 1. The number of aryl methyl sites for hydroxylation is 2. The van der Waals surface area contributed by atoms with E-state index < -0.39 is 0 Å². The minimum absolute atomic E-state index is 0.0334. The Labute approximate surface area is 141 Å². The van der Waals surface area contributed by atoms with Crippen LogP contribution >= 0.6 is 0 Å². The number of hydrogen-bond donors (Lipinski definition) is 1. The molecule has 0 aromatic heterocycles. The molecule has 1 saturated heterocycles. The van der Waals surface area contributed by atoms with Crippen LogP contribution in [0, 0.1) is 49.4 Å². The largest absolute Gasteiger partial charge is 0.367 e. The first kappa shape index (κ1) is 14.3. The van der Waals surface area contributed by atoms with Gasteiger partial charge in [0.2, 0.25) is 11.8 Å². The van der Waals surface area contributed by atoms with E-state index in [0.717, 1.165) is 5.69 Å². The van der Waals surface area contributed by atoms with E-state index in [2.05, 4.69) is 43.4 Å². The molecular weight excluding hydrogens is 300 g/mol. The Kier molecular flexibility index (Phi) is 2.80. The van der Waals surface area contributed by atoms with E-state index in [1.165, 1.54) is 22.4 Å². The highest BCUT2D eigenvalue weighted by molar-refractivity contribution is 6.06. The number of amides is 2. The average molecular weight is 322 g/mol. The molecule has 2 amide bonds. The van der Waals surface area contributed by atoms with E-state index in [-0.39, 0.29) is 30.3 Å². The van der Waals surface area contributed by atoms with Crippen LogP contribution in [0.3, 0.4) is 0 Å². The van der Waals surface area contributed by atoms with Gasteiger partial charge in [0.25, 0.3) is 0 Å². The van der Waals surface area contributed by atoms with Crippen LogP contribution in [0.25, 0.3) is 0 Å². The molecule has 24 heavy (non-hydrogen) atoms. The molecular formula is C20H22N2O2. The second-order valence-corrected chi connectivity index (χ2v) is 7.89. The number of rotatable bonds is 3. The van der Waals surface area contributed by atoms with E-state index in [1.54, 1.807) is 0 Å². The maximum atomic E-state index is 12.9. The highest BCUT2D eigenvalue weighted by Gasteiger charge is 2.66. The third kappa shape index (κ3) is 1.80. The summed E-state index contributed by atoms with van der Waals surface area (Å²) in [5.74, 6) is 1.78. The first-order chi connectivity index (χ1) is 11.6. The molecule has 124 valence electrons. The normalized spacial score (nSPS) is 38.3. The van der Waals surface area contributed by atoms with Crippen LogP contribution in [0.15, 0.2) is 30.4 Å². The molecule has 1 aliphatic heterocycles. The van der Waals surface area contributed by atoms with E-state index in [0.29, 0.717) is 23.7 Å². The number of nitrogens with zero attached hydrogens (tertiary/aromatic N) is 1. The molecule has 6 atom stereocenters. The summed E-state index contributed by atoms with van der Waals surface area (Å²) >= 11 is 0. The number of hydrogen-bond acceptors (Lipinski definition) is 3. The lowest BCUT2D eigenvalue weighted by molar-refractivity contribution is -0.139. The lowest BCUT2D eigenvalue weighted by Gasteiger charge is -2.37. The van der Waals surface area contributed by atoms with Crippen LogP contribution < -0.4 is 5.32 Å². The SMILES string of the molecule is Cc1ccc(NCN2C(=O)[C@@H]3[C@@H]4C=C[C@H]([C@H]5C[C@@H]45)[C@@H]3C2=O)cc1C. The fraction of sp³-hybridized carbons (Fsp3) is 0.500. The van der Waals surface area contributed by atoms with Gasteiger partial charge in [-0.05, 0) is 67.2 Å². The predicted molar refractivity (Wildman–Crippen MR) is 91.0 cm³/mol. The van der Waals surface area contributed by atoms with Crippen LogP contribution in [-0.2, 0) is 9.59 Å². The number of carbonyl (C=O) groups is 2. The van der Waals surface area contributed by atoms with Gasteiger partial charge in [0, 0.05) is 5.69 Å². The van der Waals surface area contributed by atoms with E-state index in [1.807, 2.05) is 6.07 Å². The third-order valence-corrected chi connectivity index (χ3v) is 6.70. The zero-order valence-electron chi connectivity index (χ0n) is 14.0. The Hall–Kier alpha value is -2.10. The average Bonchev–Trinajstić information content (AvgIpc) is 3.35. The fourth-order valence-electron chi connectivity index (χ4n) is 5.20. The zero-order valence-corrected chi connectivity index (χ0v) is 14.0. The number of imide groups is 1. The van der Waals surface area contributed by atoms with Crippen LogP contribution in [0.5, 0.6) is 0 Å². The van der Waals surface area contributed by atoms with Crippen molar-refractivity contribution in [3.8, 4) is 0 Å². The summed E-state index contributed by atoms with van der Waals surface area (Å²) in [6.07, 6.45) is 5.63. The molecule has 0 spiro atoms. The van der Waals surface area contributed by atoms with Crippen molar-refractivity contribution in [3.05, 3.63) is 41.5 Å². The van der Waals surface area contributed by atoms with Crippen molar-refractivity contribution in [1.82, 2.24) is 4.90 Å². The molecule has 1 aromatic rings. The molecule has 4 nitrogen and oxygen atoms in total. The van der Waals surface area contributed by atoms with Gasteiger partial charge in [-0.25, -0.2) is 0 Å². The number of allylic oxidation sites excluding steroid dienone is 2.